The third-order valence-corrected chi connectivity index (χ3v) is 4.09. The van der Waals surface area contributed by atoms with E-state index < -0.39 is 5.97 Å². The second-order valence-corrected chi connectivity index (χ2v) is 5.62. The number of anilines is 1. The normalized spacial score (nSPS) is 20.4. The number of hydrogen-bond donors (Lipinski definition) is 1. The van der Waals surface area contributed by atoms with Crippen LogP contribution in [0.5, 0.6) is 0 Å². The number of carboxylic acids is 1. The van der Waals surface area contributed by atoms with Crippen molar-refractivity contribution in [1.29, 1.82) is 0 Å². The number of rotatable bonds is 3. The van der Waals surface area contributed by atoms with Gasteiger partial charge in [0.05, 0.1) is 17.4 Å². The van der Waals surface area contributed by atoms with Gasteiger partial charge in [-0.2, -0.15) is 0 Å². The molecule has 1 unspecified atom stereocenters. The third kappa shape index (κ3) is 3.25. The summed E-state index contributed by atoms with van der Waals surface area (Å²) >= 11 is 0. The molecule has 0 radical (unpaired) electrons. The Hall–Kier alpha value is -1.58. The highest BCUT2D eigenvalue weighted by Crippen LogP contribution is 2.28. The summed E-state index contributed by atoms with van der Waals surface area (Å²) in [5, 5.41) is 9.25. The van der Waals surface area contributed by atoms with E-state index in [0.717, 1.165) is 37.5 Å². The summed E-state index contributed by atoms with van der Waals surface area (Å²) < 4.78 is 0. The largest absolute Gasteiger partial charge is 0.478 e. The molecule has 0 spiro atoms. The van der Waals surface area contributed by atoms with Gasteiger partial charge in [-0.1, -0.05) is 13.8 Å². The first-order chi connectivity index (χ1) is 9.09. The Labute approximate surface area is 114 Å². The third-order valence-electron chi connectivity index (χ3n) is 4.09. The number of hydrogen-bond acceptors (Lipinski definition) is 3. The van der Waals surface area contributed by atoms with Crippen LogP contribution >= 0.6 is 0 Å². The maximum atomic E-state index is 11.3. The van der Waals surface area contributed by atoms with E-state index in [0.29, 0.717) is 11.5 Å². The van der Waals surface area contributed by atoms with Crippen LogP contribution in [0.3, 0.4) is 0 Å². The monoisotopic (exact) mass is 262 g/mol. The Bertz CT molecular complexity index is 446. The van der Waals surface area contributed by atoms with Crippen molar-refractivity contribution in [2.75, 3.05) is 18.0 Å². The van der Waals surface area contributed by atoms with Crippen LogP contribution in [-0.4, -0.2) is 29.1 Å². The van der Waals surface area contributed by atoms with Crippen LogP contribution in [-0.2, 0) is 0 Å². The van der Waals surface area contributed by atoms with E-state index >= 15 is 0 Å². The maximum Gasteiger partial charge on any atom is 0.337 e. The van der Waals surface area contributed by atoms with Crippen molar-refractivity contribution >= 4 is 11.7 Å². The summed E-state index contributed by atoms with van der Waals surface area (Å²) in [7, 11) is 0. The zero-order valence-corrected chi connectivity index (χ0v) is 11.7. The van der Waals surface area contributed by atoms with E-state index in [1.165, 1.54) is 6.42 Å². The van der Waals surface area contributed by atoms with Crippen LogP contribution in [0.25, 0.3) is 0 Å². The molecule has 1 aliphatic heterocycles. The SMILES string of the molecule is CC(C)C1CCCN(c2cnccc2C(=O)O)CC1. The number of aromatic carboxylic acids is 1. The molecule has 2 rings (SSSR count). The molecule has 2 heterocycles. The molecular formula is C15H22N2O2. The molecule has 0 aliphatic carbocycles. The first-order valence-corrected chi connectivity index (χ1v) is 7.02. The highest BCUT2D eigenvalue weighted by Gasteiger charge is 2.22. The molecule has 104 valence electrons. The molecule has 4 heteroatoms. The Kier molecular flexibility index (Phi) is 4.40. The molecule has 1 atom stereocenters. The molecule has 0 amide bonds. The average molecular weight is 262 g/mol. The average Bonchev–Trinajstić information content (AvgIpc) is 2.64. The lowest BCUT2D eigenvalue weighted by atomic mass is 9.89. The second-order valence-electron chi connectivity index (χ2n) is 5.62. The fourth-order valence-corrected chi connectivity index (χ4v) is 2.85. The van der Waals surface area contributed by atoms with E-state index in [-0.39, 0.29) is 0 Å². The standard InChI is InChI=1S/C15H22N2O2/c1-11(2)12-4-3-8-17(9-6-12)14-10-16-7-5-13(14)15(18)19/h5,7,10-12H,3-4,6,8-9H2,1-2H3,(H,18,19). The van der Waals surface area contributed by atoms with Gasteiger partial charge >= 0.3 is 5.97 Å². The van der Waals surface area contributed by atoms with Crippen molar-refractivity contribution in [3.05, 3.63) is 24.0 Å². The van der Waals surface area contributed by atoms with Crippen molar-refractivity contribution in [2.24, 2.45) is 11.8 Å². The fourth-order valence-electron chi connectivity index (χ4n) is 2.85. The summed E-state index contributed by atoms with van der Waals surface area (Å²) in [5.41, 5.74) is 1.12. The zero-order valence-electron chi connectivity index (χ0n) is 11.7. The van der Waals surface area contributed by atoms with Crippen LogP contribution in [0.2, 0.25) is 0 Å². The van der Waals surface area contributed by atoms with E-state index in [9.17, 15) is 9.90 Å². The first kappa shape index (κ1) is 13.8. The molecule has 1 aromatic heterocycles. The Morgan fingerprint density at radius 2 is 2.21 bits per heavy atom. The van der Waals surface area contributed by atoms with Crippen molar-refractivity contribution in [3.8, 4) is 0 Å². The van der Waals surface area contributed by atoms with Crippen molar-refractivity contribution < 1.29 is 9.90 Å². The van der Waals surface area contributed by atoms with Crippen LogP contribution < -0.4 is 4.90 Å². The lowest BCUT2D eigenvalue weighted by Crippen LogP contribution is -2.26. The number of carboxylic acid groups (broad SMARTS) is 1. The second kappa shape index (κ2) is 6.04. The molecule has 0 bridgehead atoms. The lowest BCUT2D eigenvalue weighted by Gasteiger charge is -2.24. The van der Waals surface area contributed by atoms with Gasteiger partial charge in [0.15, 0.2) is 0 Å². The molecule has 1 aliphatic rings. The van der Waals surface area contributed by atoms with Crippen molar-refractivity contribution in [3.63, 3.8) is 0 Å². The van der Waals surface area contributed by atoms with Crippen LogP contribution in [0.4, 0.5) is 5.69 Å². The highest BCUT2D eigenvalue weighted by atomic mass is 16.4. The summed E-state index contributed by atoms with van der Waals surface area (Å²) in [6, 6.07) is 1.59. The van der Waals surface area contributed by atoms with Crippen molar-refractivity contribution in [2.45, 2.75) is 33.1 Å². The lowest BCUT2D eigenvalue weighted by molar-refractivity contribution is 0.0697. The fraction of sp³-hybridized carbons (Fsp3) is 0.600. The van der Waals surface area contributed by atoms with Crippen LogP contribution in [0.15, 0.2) is 18.5 Å². The number of carbonyl (C=O) groups is 1. The van der Waals surface area contributed by atoms with Gasteiger partial charge in [0, 0.05) is 19.3 Å². The number of nitrogens with zero attached hydrogens (tertiary/aromatic N) is 2. The summed E-state index contributed by atoms with van der Waals surface area (Å²) in [6.07, 6.45) is 6.71. The Morgan fingerprint density at radius 3 is 2.89 bits per heavy atom. The van der Waals surface area contributed by atoms with Gasteiger partial charge in [-0.05, 0) is 37.2 Å². The zero-order chi connectivity index (χ0) is 13.8. The summed E-state index contributed by atoms with van der Waals surface area (Å²) in [6.45, 7) is 6.39. The molecule has 1 saturated heterocycles. The Balaban J connectivity index is 2.16. The maximum absolute atomic E-state index is 11.3. The minimum absolute atomic E-state index is 0.359. The van der Waals surface area contributed by atoms with E-state index in [2.05, 4.69) is 23.7 Å². The van der Waals surface area contributed by atoms with E-state index in [1.807, 2.05) is 0 Å². The molecule has 19 heavy (non-hydrogen) atoms. The first-order valence-electron chi connectivity index (χ1n) is 7.02. The highest BCUT2D eigenvalue weighted by molar-refractivity contribution is 5.94. The van der Waals surface area contributed by atoms with Gasteiger partial charge in [-0.25, -0.2) is 4.79 Å². The van der Waals surface area contributed by atoms with Gasteiger partial charge in [-0.3, -0.25) is 4.98 Å². The van der Waals surface area contributed by atoms with Gasteiger partial charge in [0.25, 0.3) is 0 Å². The van der Waals surface area contributed by atoms with Gasteiger partial charge in [-0.15, -0.1) is 0 Å². The van der Waals surface area contributed by atoms with Crippen LogP contribution in [0.1, 0.15) is 43.5 Å². The minimum Gasteiger partial charge on any atom is -0.478 e. The van der Waals surface area contributed by atoms with Crippen LogP contribution in [0, 0.1) is 11.8 Å². The van der Waals surface area contributed by atoms with E-state index in [4.69, 9.17) is 0 Å². The van der Waals surface area contributed by atoms with Gasteiger partial charge < -0.3 is 10.0 Å². The predicted molar refractivity (Wildman–Crippen MR) is 75.6 cm³/mol. The topological polar surface area (TPSA) is 53.4 Å². The predicted octanol–water partition coefficient (Wildman–Crippen LogP) is 3.04. The summed E-state index contributed by atoms with van der Waals surface area (Å²) in [5.74, 6) is 0.574. The molecule has 1 aromatic rings. The molecule has 1 N–H and O–H groups in total. The summed E-state index contributed by atoms with van der Waals surface area (Å²) in [4.78, 5) is 17.5. The molecule has 0 saturated carbocycles. The smallest absolute Gasteiger partial charge is 0.337 e. The van der Waals surface area contributed by atoms with Gasteiger partial charge in [0.1, 0.15) is 0 Å². The van der Waals surface area contributed by atoms with Gasteiger partial charge in [0.2, 0.25) is 0 Å². The molecular weight excluding hydrogens is 240 g/mol. The molecule has 1 fully saturated rings. The number of aromatic nitrogens is 1. The molecule has 0 aromatic carbocycles. The molecule has 4 nitrogen and oxygen atoms in total. The quantitative estimate of drug-likeness (QED) is 0.909. The van der Waals surface area contributed by atoms with E-state index in [1.54, 1.807) is 18.5 Å². The van der Waals surface area contributed by atoms with Crippen molar-refractivity contribution in [1.82, 2.24) is 4.98 Å². The minimum atomic E-state index is -0.873. The Morgan fingerprint density at radius 1 is 1.42 bits per heavy atom. The number of pyridine rings is 1.